The van der Waals surface area contributed by atoms with Crippen LogP contribution in [0, 0.1) is 12.3 Å². The van der Waals surface area contributed by atoms with Crippen LogP contribution in [0.1, 0.15) is 64.3 Å². The van der Waals surface area contributed by atoms with Gasteiger partial charge >= 0.3 is 0 Å². The molecule has 0 unspecified atom stereocenters. The molecule has 0 radical (unpaired) electrons. The van der Waals surface area contributed by atoms with E-state index in [0.717, 1.165) is 37.1 Å². The van der Waals surface area contributed by atoms with Crippen molar-refractivity contribution in [1.29, 1.82) is 0 Å². The van der Waals surface area contributed by atoms with E-state index in [1.807, 2.05) is 6.92 Å². The maximum absolute atomic E-state index is 6.12. The van der Waals surface area contributed by atoms with E-state index in [-0.39, 0.29) is 6.10 Å². The highest BCUT2D eigenvalue weighted by Crippen LogP contribution is 2.36. The molecule has 0 aliphatic heterocycles. The van der Waals surface area contributed by atoms with Gasteiger partial charge in [0.1, 0.15) is 17.7 Å². The predicted octanol–water partition coefficient (Wildman–Crippen LogP) is 3.67. The number of hydrogen-bond donors (Lipinski definition) is 1. The Balaban J connectivity index is 2.09. The van der Waals surface area contributed by atoms with Crippen LogP contribution in [0.3, 0.4) is 0 Å². The SMILES string of the molecule is CCCc1nc(N)c(C)c(OC2CCC(C)(C)CC2)n1. The van der Waals surface area contributed by atoms with Crippen LogP contribution >= 0.6 is 0 Å². The molecule has 0 saturated heterocycles. The zero-order chi connectivity index (χ0) is 14.8. The van der Waals surface area contributed by atoms with Crippen molar-refractivity contribution in [3.05, 3.63) is 11.4 Å². The number of hydrogen-bond acceptors (Lipinski definition) is 4. The van der Waals surface area contributed by atoms with Crippen molar-refractivity contribution >= 4 is 5.82 Å². The highest BCUT2D eigenvalue weighted by molar-refractivity contribution is 5.44. The van der Waals surface area contributed by atoms with Gasteiger partial charge in [0.25, 0.3) is 0 Å². The Morgan fingerprint density at radius 2 is 1.90 bits per heavy atom. The Kier molecular flexibility index (Phi) is 4.51. The summed E-state index contributed by atoms with van der Waals surface area (Å²) in [7, 11) is 0. The van der Waals surface area contributed by atoms with Crippen LogP contribution in [0.2, 0.25) is 0 Å². The van der Waals surface area contributed by atoms with Crippen molar-refractivity contribution in [3.8, 4) is 5.88 Å². The van der Waals surface area contributed by atoms with Gasteiger partial charge in [-0.15, -0.1) is 0 Å². The van der Waals surface area contributed by atoms with Gasteiger partial charge in [-0.25, -0.2) is 4.98 Å². The van der Waals surface area contributed by atoms with E-state index in [1.54, 1.807) is 0 Å². The summed E-state index contributed by atoms with van der Waals surface area (Å²) in [5, 5.41) is 0. The first kappa shape index (κ1) is 15.1. The molecular weight excluding hydrogens is 250 g/mol. The second kappa shape index (κ2) is 5.98. The molecule has 4 nitrogen and oxygen atoms in total. The third-order valence-electron chi connectivity index (χ3n) is 4.22. The largest absolute Gasteiger partial charge is 0.474 e. The molecule has 20 heavy (non-hydrogen) atoms. The van der Waals surface area contributed by atoms with Crippen molar-refractivity contribution in [2.24, 2.45) is 5.41 Å². The Morgan fingerprint density at radius 3 is 2.50 bits per heavy atom. The van der Waals surface area contributed by atoms with Crippen LogP contribution in [0.5, 0.6) is 5.88 Å². The molecule has 2 rings (SSSR count). The van der Waals surface area contributed by atoms with E-state index in [9.17, 15) is 0 Å². The van der Waals surface area contributed by atoms with Crippen LogP contribution in [0.25, 0.3) is 0 Å². The lowest BCUT2D eigenvalue weighted by Gasteiger charge is -2.34. The molecule has 1 saturated carbocycles. The smallest absolute Gasteiger partial charge is 0.222 e. The molecule has 0 amide bonds. The molecule has 0 atom stereocenters. The number of aromatic nitrogens is 2. The van der Waals surface area contributed by atoms with Crippen molar-refractivity contribution in [1.82, 2.24) is 9.97 Å². The van der Waals surface area contributed by atoms with E-state index in [1.165, 1.54) is 12.8 Å². The third kappa shape index (κ3) is 3.62. The highest BCUT2D eigenvalue weighted by Gasteiger charge is 2.28. The molecule has 1 aliphatic rings. The zero-order valence-corrected chi connectivity index (χ0v) is 13.2. The first-order valence-electron chi connectivity index (χ1n) is 7.71. The van der Waals surface area contributed by atoms with Gasteiger partial charge in [0, 0.05) is 6.42 Å². The van der Waals surface area contributed by atoms with E-state index >= 15 is 0 Å². The van der Waals surface area contributed by atoms with Crippen molar-refractivity contribution < 1.29 is 4.74 Å². The number of nitrogens with zero attached hydrogens (tertiary/aromatic N) is 2. The molecule has 1 fully saturated rings. The summed E-state index contributed by atoms with van der Waals surface area (Å²) in [6, 6.07) is 0. The predicted molar refractivity (Wildman–Crippen MR) is 81.8 cm³/mol. The summed E-state index contributed by atoms with van der Waals surface area (Å²) in [5.74, 6) is 2.03. The number of nitrogen functional groups attached to an aromatic ring is 1. The fourth-order valence-electron chi connectivity index (χ4n) is 2.66. The van der Waals surface area contributed by atoms with Crippen molar-refractivity contribution in [2.75, 3.05) is 5.73 Å². The van der Waals surface area contributed by atoms with E-state index in [4.69, 9.17) is 10.5 Å². The quantitative estimate of drug-likeness (QED) is 0.912. The Morgan fingerprint density at radius 1 is 1.25 bits per heavy atom. The summed E-state index contributed by atoms with van der Waals surface area (Å²) in [5.41, 5.74) is 7.29. The lowest BCUT2D eigenvalue weighted by molar-refractivity contribution is 0.0940. The standard InChI is InChI=1S/C16H27N3O/c1-5-6-13-18-14(17)11(2)15(19-13)20-12-7-9-16(3,4)10-8-12/h12H,5-10H2,1-4H3,(H2,17,18,19). The minimum atomic E-state index is 0.269. The van der Waals surface area contributed by atoms with Crippen LogP contribution in [-0.4, -0.2) is 16.1 Å². The third-order valence-corrected chi connectivity index (χ3v) is 4.22. The maximum Gasteiger partial charge on any atom is 0.222 e. The van der Waals surface area contributed by atoms with Gasteiger partial charge in [-0.2, -0.15) is 4.98 Å². The molecule has 0 bridgehead atoms. The Hall–Kier alpha value is -1.32. The van der Waals surface area contributed by atoms with E-state index < -0.39 is 0 Å². The molecule has 112 valence electrons. The molecule has 2 N–H and O–H groups in total. The average molecular weight is 277 g/mol. The topological polar surface area (TPSA) is 61.0 Å². The Labute approximate surface area is 122 Å². The highest BCUT2D eigenvalue weighted by atomic mass is 16.5. The van der Waals surface area contributed by atoms with E-state index in [2.05, 4.69) is 30.7 Å². The van der Waals surface area contributed by atoms with Crippen LogP contribution in [0.15, 0.2) is 0 Å². The number of ether oxygens (including phenoxy) is 1. The Bertz CT molecular complexity index is 461. The van der Waals surface area contributed by atoms with Crippen LogP contribution in [0.4, 0.5) is 5.82 Å². The lowest BCUT2D eigenvalue weighted by atomic mass is 9.76. The second-order valence-corrected chi connectivity index (χ2v) is 6.69. The zero-order valence-electron chi connectivity index (χ0n) is 13.2. The van der Waals surface area contributed by atoms with Crippen molar-refractivity contribution in [2.45, 2.75) is 72.3 Å². The number of anilines is 1. The van der Waals surface area contributed by atoms with Crippen LogP contribution in [-0.2, 0) is 6.42 Å². The molecule has 1 aromatic heterocycles. The van der Waals surface area contributed by atoms with Gasteiger partial charge < -0.3 is 10.5 Å². The monoisotopic (exact) mass is 277 g/mol. The molecule has 1 heterocycles. The molecule has 0 spiro atoms. The number of aryl methyl sites for hydroxylation is 1. The first-order chi connectivity index (χ1) is 9.41. The summed E-state index contributed by atoms with van der Waals surface area (Å²) < 4.78 is 6.12. The second-order valence-electron chi connectivity index (χ2n) is 6.69. The molecular formula is C16H27N3O. The minimum absolute atomic E-state index is 0.269. The van der Waals surface area contributed by atoms with Gasteiger partial charge in [-0.1, -0.05) is 20.8 Å². The molecule has 0 aromatic carbocycles. The summed E-state index contributed by atoms with van der Waals surface area (Å²) >= 11 is 0. The number of nitrogens with two attached hydrogens (primary N) is 1. The fourth-order valence-corrected chi connectivity index (χ4v) is 2.66. The lowest BCUT2D eigenvalue weighted by Crippen LogP contribution is -2.29. The van der Waals surface area contributed by atoms with Gasteiger partial charge in [0.2, 0.25) is 5.88 Å². The first-order valence-corrected chi connectivity index (χ1v) is 7.71. The summed E-state index contributed by atoms with van der Waals surface area (Å²) in [6.45, 7) is 8.71. The average Bonchev–Trinajstić information content (AvgIpc) is 2.38. The van der Waals surface area contributed by atoms with E-state index in [0.29, 0.717) is 17.1 Å². The summed E-state index contributed by atoms with van der Waals surface area (Å²) in [6.07, 6.45) is 6.74. The normalized spacial score (nSPS) is 19.0. The van der Waals surface area contributed by atoms with Crippen molar-refractivity contribution in [3.63, 3.8) is 0 Å². The van der Waals surface area contributed by atoms with Gasteiger partial charge in [0.15, 0.2) is 0 Å². The van der Waals surface area contributed by atoms with Crippen LogP contribution < -0.4 is 10.5 Å². The molecule has 4 heteroatoms. The maximum atomic E-state index is 6.12. The van der Waals surface area contributed by atoms with Gasteiger partial charge in [0.05, 0.1) is 5.56 Å². The minimum Gasteiger partial charge on any atom is -0.474 e. The fraction of sp³-hybridized carbons (Fsp3) is 0.750. The van der Waals surface area contributed by atoms with Gasteiger partial charge in [-0.05, 0) is 44.4 Å². The van der Waals surface area contributed by atoms with Gasteiger partial charge in [-0.3, -0.25) is 0 Å². The molecule has 1 aliphatic carbocycles. The molecule has 1 aromatic rings. The number of rotatable bonds is 4. The summed E-state index contributed by atoms with van der Waals surface area (Å²) in [4.78, 5) is 8.87.